The number of pyridine rings is 1. The van der Waals surface area contributed by atoms with Gasteiger partial charge in [0.2, 0.25) is 0 Å². The Morgan fingerprint density at radius 2 is 1.96 bits per heavy atom. The summed E-state index contributed by atoms with van der Waals surface area (Å²) in [7, 11) is 0. The van der Waals surface area contributed by atoms with Crippen LogP contribution in [-0.2, 0) is 13.0 Å². The molecule has 1 aromatic carbocycles. The predicted molar refractivity (Wildman–Crippen MR) is 94.2 cm³/mol. The molecule has 1 aliphatic heterocycles. The van der Waals surface area contributed by atoms with Crippen LogP contribution in [0.2, 0.25) is 0 Å². The summed E-state index contributed by atoms with van der Waals surface area (Å²) in [6, 6.07) is 11.6. The molecule has 0 bridgehead atoms. The van der Waals surface area contributed by atoms with Gasteiger partial charge in [0.1, 0.15) is 0 Å². The molecule has 128 valence electrons. The van der Waals surface area contributed by atoms with Crippen molar-refractivity contribution in [3.05, 3.63) is 65.5 Å². The number of carbonyl (C=O) groups is 2. The summed E-state index contributed by atoms with van der Waals surface area (Å²) in [4.78, 5) is 31.1. The van der Waals surface area contributed by atoms with E-state index in [1.807, 2.05) is 35.2 Å². The normalized spacial score (nSPS) is 18.2. The van der Waals surface area contributed by atoms with Crippen LogP contribution in [0, 0.1) is 5.41 Å². The van der Waals surface area contributed by atoms with Crippen molar-refractivity contribution < 1.29 is 9.59 Å². The minimum Gasteiger partial charge on any atom is -0.334 e. The SMILES string of the molecule is O=C(NCc1cccnc1)N1CCC2(CC1)Cc1ccccc1C2=O. The van der Waals surface area contributed by atoms with Gasteiger partial charge in [-0.05, 0) is 36.5 Å². The number of ketones is 1. The van der Waals surface area contributed by atoms with Crippen molar-refractivity contribution in [2.24, 2.45) is 5.41 Å². The molecule has 1 fully saturated rings. The Labute approximate surface area is 147 Å². The van der Waals surface area contributed by atoms with E-state index in [0.29, 0.717) is 19.6 Å². The molecule has 25 heavy (non-hydrogen) atoms. The second kappa shape index (κ2) is 6.31. The Morgan fingerprint density at radius 1 is 1.16 bits per heavy atom. The molecule has 1 N–H and O–H groups in total. The number of Topliss-reactive ketones (excluding diaryl/α,β-unsaturated/α-hetero) is 1. The fourth-order valence-electron chi connectivity index (χ4n) is 3.96. The summed E-state index contributed by atoms with van der Waals surface area (Å²) in [5.74, 6) is 0.263. The molecule has 4 rings (SSSR count). The number of benzene rings is 1. The number of nitrogens with one attached hydrogen (secondary N) is 1. The number of hydrogen-bond donors (Lipinski definition) is 1. The van der Waals surface area contributed by atoms with Gasteiger partial charge in [-0.3, -0.25) is 9.78 Å². The van der Waals surface area contributed by atoms with E-state index in [1.54, 1.807) is 12.4 Å². The number of piperidine rings is 1. The summed E-state index contributed by atoms with van der Waals surface area (Å²) in [5, 5.41) is 2.94. The van der Waals surface area contributed by atoms with E-state index in [2.05, 4.69) is 16.4 Å². The van der Waals surface area contributed by atoms with Gasteiger partial charge in [-0.1, -0.05) is 30.3 Å². The first kappa shape index (κ1) is 15.8. The van der Waals surface area contributed by atoms with Crippen LogP contribution in [0.4, 0.5) is 4.79 Å². The van der Waals surface area contributed by atoms with Crippen LogP contribution in [0.1, 0.15) is 34.3 Å². The highest BCUT2D eigenvalue weighted by Crippen LogP contribution is 2.44. The summed E-state index contributed by atoms with van der Waals surface area (Å²) in [6.07, 6.45) is 5.75. The molecule has 5 nitrogen and oxygen atoms in total. The molecule has 0 saturated carbocycles. The van der Waals surface area contributed by atoms with Crippen molar-refractivity contribution in [1.29, 1.82) is 0 Å². The number of aromatic nitrogens is 1. The van der Waals surface area contributed by atoms with E-state index in [1.165, 1.54) is 0 Å². The standard InChI is InChI=1S/C20H21N3O2/c24-18-17-6-2-1-5-16(17)12-20(18)7-10-23(11-8-20)19(25)22-14-15-4-3-9-21-13-15/h1-6,9,13H,7-8,10-12,14H2,(H,22,25). The van der Waals surface area contributed by atoms with Crippen molar-refractivity contribution in [3.8, 4) is 0 Å². The molecule has 0 radical (unpaired) electrons. The molecule has 5 heteroatoms. The van der Waals surface area contributed by atoms with Crippen molar-refractivity contribution in [2.75, 3.05) is 13.1 Å². The van der Waals surface area contributed by atoms with Gasteiger partial charge in [0, 0.05) is 43.0 Å². The Hall–Kier alpha value is -2.69. The first-order valence-corrected chi connectivity index (χ1v) is 8.72. The monoisotopic (exact) mass is 335 g/mol. The summed E-state index contributed by atoms with van der Waals surface area (Å²) in [5.41, 5.74) is 2.70. The molecule has 0 atom stereocenters. The topological polar surface area (TPSA) is 62.3 Å². The lowest BCUT2D eigenvalue weighted by Crippen LogP contribution is -2.48. The van der Waals surface area contributed by atoms with Crippen molar-refractivity contribution >= 4 is 11.8 Å². The van der Waals surface area contributed by atoms with Gasteiger partial charge in [0.25, 0.3) is 0 Å². The first-order chi connectivity index (χ1) is 12.2. The number of hydrogen-bond acceptors (Lipinski definition) is 3. The van der Waals surface area contributed by atoms with Crippen LogP contribution >= 0.6 is 0 Å². The Bertz CT molecular complexity index is 796. The van der Waals surface area contributed by atoms with E-state index in [0.717, 1.165) is 36.0 Å². The maximum Gasteiger partial charge on any atom is 0.317 e. The largest absolute Gasteiger partial charge is 0.334 e. The van der Waals surface area contributed by atoms with E-state index in [-0.39, 0.29) is 17.2 Å². The molecule has 1 saturated heterocycles. The number of rotatable bonds is 2. The second-order valence-electron chi connectivity index (χ2n) is 6.95. The molecule has 2 heterocycles. The van der Waals surface area contributed by atoms with Crippen LogP contribution in [0.15, 0.2) is 48.8 Å². The second-order valence-corrected chi connectivity index (χ2v) is 6.95. The van der Waals surface area contributed by atoms with Crippen molar-refractivity contribution in [2.45, 2.75) is 25.8 Å². The molecule has 2 aliphatic rings. The zero-order valence-corrected chi connectivity index (χ0v) is 14.1. The van der Waals surface area contributed by atoms with Gasteiger partial charge in [0.15, 0.2) is 5.78 Å². The lowest BCUT2D eigenvalue weighted by Gasteiger charge is -2.38. The predicted octanol–water partition coefficient (Wildman–Crippen LogP) is 2.81. The third-order valence-corrected chi connectivity index (χ3v) is 5.45. The van der Waals surface area contributed by atoms with Crippen LogP contribution < -0.4 is 5.32 Å². The average molecular weight is 335 g/mol. The lowest BCUT2D eigenvalue weighted by atomic mass is 9.75. The molecule has 1 spiro atoms. The summed E-state index contributed by atoms with van der Waals surface area (Å²) < 4.78 is 0. The number of urea groups is 1. The zero-order chi connectivity index (χ0) is 17.3. The van der Waals surface area contributed by atoms with Gasteiger partial charge in [-0.2, -0.15) is 0 Å². The van der Waals surface area contributed by atoms with Crippen LogP contribution in [0.25, 0.3) is 0 Å². The maximum absolute atomic E-state index is 12.8. The zero-order valence-electron chi connectivity index (χ0n) is 14.1. The van der Waals surface area contributed by atoms with Crippen LogP contribution in [0.3, 0.4) is 0 Å². The molecular formula is C20H21N3O2. The highest BCUT2D eigenvalue weighted by Gasteiger charge is 2.47. The third-order valence-electron chi connectivity index (χ3n) is 5.45. The summed E-state index contributed by atoms with van der Waals surface area (Å²) in [6.45, 7) is 1.72. The van der Waals surface area contributed by atoms with E-state index < -0.39 is 0 Å². The Balaban J connectivity index is 1.36. The lowest BCUT2D eigenvalue weighted by molar-refractivity contribution is 0.0672. The molecule has 0 unspecified atom stereocenters. The highest BCUT2D eigenvalue weighted by molar-refractivity contribution is 6.05. The molecule has 1 aromatic heterocycles. The number of amides is 2. The Kier molecular flexibility index (Phi) is 3.99. The van der Waals surface area contributed by atoms with Crippen molar-refractivity contribution in [3.63, 3.8) is 0 Å². The van der Waals surface area contributed by atoms with Gasteiger partial charge >= 0.3 is 6.03 Å². The summed E-state index contributed by atoms with van der Waals surface area (Å²) >= 11 is 0. The van der Waals surface area contributed by atoms with E-state index in [4.69, 9.17) is 0 Å². The van der Waals surface area contributed by atoms with Crippen molar-refractivity contribution in [1.82, 2.24) is 15.2 Å². The van der Waals surface area contributed by atoms with Gasteiger partial charge in [-0.25, -0.2) is 4.79 Å². The third kappa shape index (κ3) is 2.90. The van der Waals surface area contributed by atoms with E-state index >= 15 is 0 Å². The minimum atomic E-state index is -0.302. The fourth-order valence-corrected chi connectivity index (χ4v) is 3.96. The molecular weight excluding hydrogens is 314 g/mol. The Morgan fingerprint density at radius 3 is 2.68 bits per heavy atom. The number of likely N-dealkylation sites (tertiary alicyclic amines) is 1. The molecule has 2 aromatic rings. The number of nitrogens with zero attached hydrogens (tertiary/aromatic N) is 2. The minimum absolute atomic E-state index is 0.0679. The van der Waals surface area contributed by atoms with Gasteiger partial charge in [-0.15, -0.1) is 0 Å². The van der Waals surface area contributed by atoms with E-state index in [9.17, 15) is 9.59 Å². The van der Waals surface area contributed by atoms with Crippen LogP contribution in [0.5, 0.6) is 0 Å². The molecule has 1 aliphatic carbocycles. The quantitative estimate of drug-likeness (QED) is 0.918. The first-order valence-electron chi connectivity index (χ1n) is 8.72. The van der Waals surface area contributed by atoms with Crippen LogP contribution in [-0.4, -0.2) is 34.8 Å². The fraction of sp³-hybridized carbons (Fsp3) is 0.350. The average Bonchev–Trinajstić information content (AvgIpc) is 2.93. The molecule has 2 amide bonds. The number of fused-ring (bicyclic) bond motifs is 1. The maximum atomic E-state index is 12.8. The van der Waals surface area contributed by atoms with Gasteiger partial charge < -0.3 is 10.2 Å². The number of carbonyl (C=O) groups excluding carboxylic acids is 2. The van der Waals surface area contributed by atoms with Gasteiger partial charge in [0.05, 0.1) is 0 Å². The smallest absolute Gasteiger partial charge is 0.317 e. The highest BCUT2D eigenvalue weighted by atomic mass is 16.2.